The van der Waals surface area contributed by atoms with Crippen LogP contribution in [0.25, 0.3) is 0 Å². The highest BCUT2D eigenvalue weighted by atomic mass is 35.5. The van der Waals surface area contributed by atoms with E-state index in [9.17, 15) is 4.79 Å². The summed E-state index contributed by atoms with van der Waals surface area (Å²) in [6.45, 7) is 2.35. The van der Waals surface area contributed by atoms with Gasteiger partial charge in [-0.3, -0.25) is 4.79 Å². The topological polar surface area (TPSA) is 49.3 Å². The van der Waals surface area contributed by atoms with Crippen molar-refractivity contribution in [3.8, 4) is 0 Å². The number of rotatable bonds is 7. The lowest BCUT2D eigenvalue weighted by atomic mass is 10.2. The molecule has 100 valence electrons. The summed E-state index contributed by atoms with van der Waals surface area (Å²) in [7, 11) is 0. The Morgan fingerprint density at radius 2 is 2.22 bits per heavy atom. The largest absolute Gasteiger partial charge is 0.393 e. The summed E-state index contributed by atoms with van der Waals surface area (Å²) in [6.07, 6.45) is 1.19. The summed E-state index contributed by atoms with van der Waals surface area (Å²) in [5.74, 6) is 0.351. The van der Waals surface area contributed by atoms with Gasteiger partial charge in [-0.1, -0.05) is 23.7 Å². The Bertz CT molecular complexity index is 385. The van der Waals surface area contributed by atoms with E-state index in [1.165, 1.54) is 11.8 Å². The van der Waals surface area contributed by atoms with Gasteiger partial charge < -0.3 is 10.4 Å². The first-order valence-electron chi connectivity index (χ1n) is 5.91. The van der Waals surface area contributed by atoms with Gasteiger partial charge in [0.25, 0.3) is 0 Å². The fourth-order valence-electron chi connectivity index (χ4n) is 1.38. The molecule has 1 unspecified atom stereocenters. The molecule has 0 bridgehead atoms. The average Bonchev–Trinajstić information content (AvgIpc) is 2.33. The van der Waals surface area contributed by atoms with Crippen LogP contribution in [0.3, 0.4) is 0 Å². The van der Waals surface area contributed by atoms with Crippen molar-refractivity contribution in [3.63, 3.8) is 0 Å². The van der Waals surface area contributed by atoms with Crippen molar-refractivity contribution in [3.05, 3.63) is 29.3 Å². The number of thioether (sulfide) groups is 1. The highest BCUT2D eigenvalue weighted by Crippen LogP contribution is 2.26. The van der Waals surface area contributed by atoms with Crippen LogP contribution in [0.5, 0.6) is 0 Å². The molecule has 0 spiro atoms. The molecule has 1 amide bonds. The Morgan fingerprint density at radius 1 is 1.50 bits per heavy atom. The monoisotopic (exact) mass is 287 g/mol. The minimum atomic E-state index is -0.306. The zero-order chi connectivity index (χ0) is 13.4. The number of amides is 1. The van der Waals surface area contributed by atoms with Gasteiger partial charge in [-0.15, -0.1) is 11.8 Å². The van der Waals surface area contributed by atoms with Crippen molar-refractivity contribution >= 4 is 29.3 Å². The number of hydrogen-bond acceptors (Lipinski definition) is 3. The van der Waals surface area contributed by atoms with E-state index in [2.05, 4.69) is 5.32 Å². The predicted octanol–water partition coefficient (Wildman–Crippen LogP) is 2.71. The van der Waals surface area contributed by atoms with Gasteiger partial charge in [0.2, 0.25) is 5.91 Å². The molecule has 0 aliphatic rings. The molecule has 0 aliphatic carbocycles. The molecule has 2 N–H and O–H groups in total. The molecule has 1 aromatic rings. The molecule has 1 atom stereocenters. The molecule has 5 heteroatoms. The fourth-order valence-corrected chi connectivity index (χ4v) is 2.45. The molecular formula is C13H18ClNO2S. The molecule has 0 aliphatic heterocycles. The molecule has 0 aromatic heterocycles. The molecule has 0 radical (unpaired) electrons. The minimum absolute atomic E-state index is 0.00878. The van der Waals surface area contributed by atoms with E-state index in [0.717, 1.165) is 11.3 Å². The first kappa shape index (κ1) is 15.3. The lowest BCUT2D eigenvalue weighted by Gasteiger charge is -2.07. The molecule has 1 rings (SSSR count). The lowest BCUT2D eigenvalue weighted by molar-refractivity contribution is -0.118. The van der Waals surface area contributed by atoms with Crippen LogP contribution in [0.4, 0.5) is 0 Å². The molecule has 1 aromatic carbocycles. The zero-order valence-corrected chi connectivity index (χ0v) is 11.9. The van der Waals surface area contributed by atoms with Crippen molar-refractivity contribution in [2.75, 3.05) is 12.3 Å². The Morgan fingerprint density at radius 3 is 2.89 bits per heavy atom. The smallest absolute Gasteiger partial charge is 0.230 e. The van der Waals surface area contributed by atoms with Crippen LogP contribution >= 0.6 is 23.4 Å². The lowest BCUT2D eigenvalue weighted by Crippen LogP contribution is -2.26. The van der Waals surface area contributed by atoms with E-state index in [0.29, 0.717) is 23.7 Å². The Labute approximate surface area is 117 Å². The predicted molar refractivity (Wildman–Crippen MR) is 76.1 cm³/mol. The van der Waals surface area contributed by atoms with Crippen LogP contribution in [-0.4, -0.2) is 29.4 Å². The number of carbonyl (C=O) groups excluding carboxylic acids is 1. The Kier molecular flexibility index (Phi) is 7.16. The summed E-state index contributed by atoms with van der Waals surface area (Å²) >= 11 is 7.42. The summed E-state index contributed by atoms with van der Waals surface area (Å²) < 4.78 is 0. The summed E-state index contributed by atoms with van der Waals surface area (Å²) in [4.78, 5) is 12.4. The molecular weight excluding hydrogens is 270 g/mol. The zero-order valence-electron chi connectivity index (χ0n) is 10.4. The second-order valence-corrected chi connectivity index (χ2v) is 5.48. The van der Waals surface area contributed by atoms with Gasteiger partial charge in [-0.2, -0.15) is 0 Å². The van der Waals surface area contributed by atoms with Crippen molar-refractivity contribution in [1.82, 2.24) is 5.32 Å². The van der Waals surface area contributed by atoms with Crippen LogP contribution in [0.1, 0.15) is 19.8 Å². The number of halogens is 1. The normalized spacial score (nSPS) is 12.2. The third kappa shape index (κ3) is 6.28. The number of hydrogen-bond donors (Lipinski definition) is 2. The van der Waals surface area contributed by atoms with E-state index in [4.69, 9.17) is 16.7 Å². The fraction of sp³-hybridized carbons (Fsp3) is 0.462. The average molecular weight is 288 g/mol. The van der Waals surface area contributed by atoms with Gasteiger partial charge in [0.15, 0.2) is 0 Å². The van der Waals surface area contributed by atoms with Crippen LogP contribution in [0.2, 0.25) is 5.02 Å². The maximum absolute atomic E-state index is 11.5. The number of benzene rings is 1. The number of aliphatic hydroxyl groups excluding tert-OH is 1. The van der Waals surface area contributed by atoms with Crippen LogP contribution in [-0.2, 0) is 4.79 Å². The summed E-state index contributed by atoms with van der Waals surface area (Å²) in [5.41, 5.74) is 0. The van der Waals surface area contributed by atoms with Crippen molar-refractivity contribution in [2.24, 2.45) is 0 Å². The van der Waals surface area contributed by atoms with Gasteiger partial charge in [-0.05, 0) is 31.9 Å². The standard InChI is InChI=1S/C13H18ClNO2S/c1-10(16)5-4-8-15-13(17)9-18-12-7-3-2-6-11(12)14/h2-3,6-7,10,16H,4-5,8-9H2,1H3,(H,15,17). The van der Waals surface area contributed by atoms with Gasteiger partial charge in [-0.25, -0.2) is 0 Å². The van der Waals surface area contributed by atoms with E-state index in [1.54, 1.807) is 6.92 Å². The molecule has 0 heterocycles. The van der Waals surface area contributed by atoms with Gasteiger partial charge >= 0.3 is 0 Å². The van der Waals surface area contributed by atoms with Gasteiger partial charge in [0.05, 0.1) is 16.9 Å². The van der Waals surface area contributed by atoms with Gasteiger partial charge in [0.1, 0.15) is 0 Å². The van der Waals surface area contributed by atoms with Crippen LogP contribution < -0.4 is 5.32 Å². The van der Waals surface area contributed by atoms with Crippen LogP contribution in [0.15, 0.2) is 29.2 Å². The van der Waals surface area contributed by atoms with E-state index in [1.807, 2.05) is 24.3 Å². The number of nitrogens with one attached hydrogen (secondary N) is 1. The number of aliphatic hydroxyl groups is 1. The van der Waals surface area contributed by atoms with E-state index < -0.39 is 0 Å². The van der Waals surface area contributed by atoms with Gasteiger partial charge in [0, 0.05) is 11.4 Å². The summed E-state index contributed by atoms with van der Waals surface area (Å²) in [5, 5.41) is 12.6. The second-order valence-electron chi connectivity index (χ2n) is 4.06. The molecule has 0 saturated heterocycles. The third-order valence-corrected chi connectivity index (χ3v) is 3.83. The second kappa shape index (κ2) is 8.40. The number of carbonyl (C=O) groups is 1. The van der Waals surface area contributed by atoms with Crippen molar-refractivity contribution in [2.45, 2.75) is 30.8 Å². The van der Waals surface area contributed by atoms with E-state index in [-0.39, 0.29) is 12.0 Å². The SMILES string of the molecule is CC(O)CCCNC(=O)CSc1ccccc1Cl. The maximum atomic E-state index is 11.5. The first-order chi connectivity index (χ1) is 8.59. The highest BCUT2D eigenvalue weighted by Gasteiger charge is 2.05. The molecule has 18 heavy (non-hydrogen) atoms. The van der Waals surface area contributed by atoms with Crippen molar-refractivity contribution < 1.29 is 9.90 Å². The van der Waals surface area contributed by atoms with E-state index >= 15 is 0 Å². The maximum Gasteiger partial charge on any atom is 0.230 e. The molecule has 0 saturated carbocycles. The highest BCUT2D eigenvalue weighted by molar-refractivity contribution is 8.00. The van der Waals surface area contributed by atoms with Crippen LogP contribution in [0, 0.1) is 0 Å². The Hall–Kier alpha value is -0.710. The first-order valence-corrected chi connectivity index (χ1v) is 7.28. The quantitative estimate of drug-likeness (QED) is 0.599. The minimum Gasteiger partial charge on any atom is -0.393 e. The van der Waals surface area contributed by atoms with Crippen molar-refractivity contribution in [1.29, 1.82) is 0 Å². The molecule has 0 fully saturated rings. The third-order valence-electron chi connectivity index (χ3n) is 2.32. The molecule has 3 nitrogen and oxygen atoms in total. The summed E-state index contributed by atoms with van der Waals surface area (Å²) in [6, 6.07) is 7.47. The Balaban J connectivity index is 2.19.